The monoisotopic (exact) mass is 734 g/mol. The molecule has 0 saturated heterocycles. The number of carbonyl (C=O) groups is 3. The molecule has 0 bridgehead atoms. The summed E-state index contributed by atoms with van der Waals surface area (Å²) in [5, 5.41) is 9.73. The normalized spacial score (nSPS) is 14.4. The lowest BCUT2D eigenvalue weighted by molar-refractivity contribution is -0.870. The molecule has 0 fully saturated rings. The van der Waals surface area contributed by atoms with Crippen LogP contribution in [0, 0.1) is 0 Å². The number of allylic oxidation sites excluding steroid dienone is 1. The van der Waals surface area contributed by atoms with Crippen molar-refractivity contribution in [3.05, 3.63) is 12.2 Å². The molecule has 11 nitrogen and oxygen atoms in total. The van der Waals surface area contributed by atoms with Crippen LogP contribution in [0.5, 0.6) is 0 Å². The summed E-state index contributed by atoms with van der Waals surface area (Å²) >= 11 is 0. The van der Waals surface area contributed by atoms with Gasteiger partial charge in [0.15, 0.2) is 6.10 Å². The minimum absolute atomic E-state index is 0.00434. The predicted octanol–water partition coefficient (Wildman–Crippen LogP) is 8.39. The summed E-state index contributed by atoms with van der Waals surface area (Å²) in [7, 11) is 1.38. The van der Waals surface area contributed by atoms with Gasteiger partial charge in [0.1, 0.15) is 26.0 Å². The van der Waals surface area contributed by atoms with Gasteiger partial charge in [-0.1, -0.05) is 129 Å². The first-order valence-electron chi connectivity index (χ1n) is 19.5. The van der Waals surface area contributed by atoms with Crippen LogP contribution in [0.15, 0.2) is 12.2 Å². The molecule has 0 radical (unpaired) electrons. The second kappa shape index (κ2) is 32.1. The second-order valence-electron chi connectivity index (χ2n) is 14.5. The molecule has 0 aliphatic heterocycles. The van der Waals surface area contributed by atoms with Gasteiger partial charge in [-0.2, -0.15) is 0 Å². The number of carbonyl (C=O) groups excluding carboxylic acids is 3. The third kappa shape index (κ3) is 34.8. The van der Waals surface area contributed by atoms with E-state index in [0.717, 1.165) is 44.9 Å². The molecule has 0 heterocycles. The van der Waals surface area contributed by atoms with E-state index in [1.807, 2.05) is 21.1 Å². The van der Waals surface area contributed by atoms with Crippen LogP contribution in [-0.2, 0) is 37.5 Å². The van der Waals surface area contributed by atoms with E-state index in [1.54, 1.807) is 0 Å². The lowest BCUT2D eigenvalue weighted by Gasteiger charge is -2.24. The van der Waals surface area contributed by atoms with Gasteiger partial charge in [0.2, 0.25) is 0 Å². The number of esters is 2. The fourth-order valence-corrected chi connectivity index (χ4v) is 6.07. The Hall–Kier alpha value is -1.62. The molecule has 50 heavy (non-hydrogen) atoms. The Morgan fingerprint density at radius 3 is 1.68 bits per heavy atom. The summed E-state index contributed by atoms with van der Waals surface area (Å²) in [6.45, 7) is 2.02. The number of likely N-dealkylation sites (N-methyl/N-ethyl adjacent to an activating group) is 1. The van der Waals surface area contributed by atoms with E-state index in [1.165, 1.54) is 89.2 Å². The Kier molecular flexibility index (Phi) is 31.0. The molecule has 0 aromatic carbocycles. The maximum Gasteiger partial charge on any atom is 0.472 e. The summed E-state index contributed by atoms with van der Waals surface area (Å²) in [5.41, 5.74) is 0. The van der Waals surface area contributed by atoms with Crippen LogP contribution in [0.25, 0.3) is 0 Å². The third-order valence-electron chi connectivity index (χ3n) is 8.45. The molecule has 0 aliphatic carbocycles. The number of hydrogen-bond donors (Lipinski definition) is 2. The Morgan fingerprint density at radius 2 is 1.18 bits per heavy atom. The van der Waals surface area contributed by atoms with Gasteiger partial charge in [-0.15, -0.1) is 0 Å². The minimum Gasteiger partial charge on any atom is -0.462 e. The van der Waals surface area contributed by atoms with Crippen molar-refractivity contribution in [3.8, 4) is 0 Å². The smallest absolute Gasteiger partial charge is 0.462 e. The standard InChI is InChI=1S/C38H72NO10P/c1-5-6-7-8-9-10-11-12-13-14-15-16-17-20-23-28-37(42)46-33-36(34-48-50(44,45)47-32-30-39(2,3)4)49-38(43)29-24-21-18-19-22-26-35(41)27-25-31-40/h25,27,31,35-36,41H,5-24,26,28-30,32-34H2,1-4H3/p+1. The van der Waals surface area contributed by atoms with E-state index in [-0.39, 0.29) is 26.1 Å². The zero-order chi connectivity index (χ0) is 37.4. The average molecular weight is 735 g/mol. The highest BCUT2D eigenvalue weighted by molar-refractivity contribution is 7.47. The number of phosphoric ester groups is 1. The highest BCUT2D eigenvalue weighted by atomic mass is 31.2. The first kappa shape index (κ1) is 48.4. The van der Waals surface area contributed by atoms with Crippen molar-refractivity contribution in [1.82, 2.24) is 0 Å². The fourth-order valence-electron chi connectivity index (χ4n) is 5.33. The van der Waals surface area contributed by atoms with Gasteiger partial charge in [0, 0.05) is 12.8 Å². The predicted molar refractivity (Wildman–Crippen MR) is 199 cm³/mol. The molecule has 0 aromatic heterocycles. The Morgan fingerprint density at radius 1 is 0.700 bits per heavy atom. The number of aldehydes is 1. The molecular weight excluding hydrogens is 661 g/mol. The Bertz CT molecular complexity index is 924. The minimum atomic E-state index is -4.40. The zero-order valence-corrected chi connectivity index (χ0v) is 32.9. The third-order valence-corrected chi connectivity index (χ3v) is 9.43. The number of hydrogen-bond acceptors (Lipinski definition) is 9. The molecule has 0 aromatic rings. The summed E-state index contributed by atoms with van der Waals surface area (Å²) in [4.78, 5) is 45.4. The van der Waals surface area contributed by atoms with Gasteiger partial charge in [-0.25, -0.2) is 4.57 Å². The first-order chi connectivity index (χ1) is 23.9. The number of quaternary nitrogens is 1. The zero-order valence-electron chi connectivity index (χ0n) is 32.0. The van der Waals surface area contributed by atoms with Crippen molar-refractivity contribution in [2.24, 2.45) is 0 Å². The largest absolute Gasteiger partial charge is 0.472 e. The molecule has 3 unspecified atom stereocenters. The Balaban J connectivity index is 4.40. The molecule has 294 valence electrons. The number of aliphatic hydroxyl groups excluding tert-OH is 1. The molecule has 2 N–H and O–H groups in total. The lowest BCUT2D eigenvalue weighted by Crippen LogP contribution is -2.37. The van der Waals surface area contributed by atoms with E-state index >= 15 is 0 Å². The molecule has 0 rings (SSSR count). The van der Waals surface area contributed by atoms with E-state index in [4.69, 9.17) is 18.5 Å². The maximum atomic E-state index is 12.6. The second-order valence-corrected chi connectivity index (χ2v) is 16.0. The van der Waals surface area contributed by atoms with E-state index < -0.39 is 38.6 Å². The molecule has 3 atom stereocenters. The number of phosphoric acid groups is 1. The molecule has 12 heteroatoms. The van der Waals surface area contributed by atoms with Gasteiger partial charge < -0.3 is 24.0 Å². The number of nitrogens with zero attached hydrogens (tertiary/aromatic N) is 1. The fraction of sp³-hybridized carbons (Fsp3) is 0.868. The summed E-state index contributed by atoms with van der Waals surface area (Å²) in [6, 6.07) is 0. The van der Waals surface area contributed by atoms with Crippen LogP contribution in [0.1, 0.15) is 155 Å². The van der Waals surface area contributed by atoms with Gasteiger partial charge in [-0.3, -0.25) is 23.4 Å². The van der Waals surface area contributed by atoms with Crippen LogP contribution < -0.4 is 0 Å². The van der Waals surface area contributed by atoms with Gasteiger partial charge in [0.05, 0.1) is 33.9 Å². The van der Waals surface area contributed by atoms with Crippen LogP contribution in [0.4, 0.5) is 0 Å². The number of unbranched alkanes of at least 4 members (excludes halogenated alkanes) is 18. The average Bonchev–Trinajstić information content (AvgIpc) is 3.05. The SMILES string of the molecule is CCCCCCCCCCCCCCCCCC(=O)OCC(COP(=O)(O)OCC[N+](C)(C)C)OC(=O)CCCCCCCC(O)C=CC=O. The van der Waals surface area contributed by atoms with Crippen molar-refractivity contribution in [2.75, 3.05) is 47.5 Å². The summed E-state index contributed by atoms with van der Waals surface area (Å²) in [6.07, 6.45) is 25.2. The summed E-state index contributed by atoms with van der Waals surface area (Å²) < 4.78 is 34.0. The number of rotatable bonds is 36. The number of ether oxygens (including phenoxy) is 2. The number of aliphatic hydroxyl groups is 1. The van der Waals surface area contributed by atoms with Gasteiger partial charge in [-0.05, 0) is 25.3 Å². The van der Waals surface area contributed by atoms with Gasteiger partial charge in [0.25, 0.3) is 0 Å². The van der Waals surface area contributed by atoms with E-state index in [9.17, 15) is 28.9 Å². The van der Waals surface area contributed by atoms with Crippen molar-refractivity contribution >= 4 is 26.0 Å². The van der Waals surface area contributed by atoms with Crippen LogP contribution >= 0.6 is 7.82 Å². The highest BCUT2D eigenvalue weighted by Gasteiger charge is 2.27. The molecule has 0 saturated carbocycles. The molecule has 0 amide bonds. The van der Waals surface area contributed by atoms with Crippen LogP contribution in [0.3, 0.4) is 0 Å². The molecular formula is C38H73NO10P+. The molecule has 0 aliphatic rings. The van der Waals surface area contributed by atoms with Crippen LogP contribution in [0.2, 0.25) is 0 Å². The van der Waals surface area contributed by atoms with Gasteiger partial charge >= 0.3 is 19.8 Å². The van der Waals surface area contributed by atoms with Crippen molar-refractivity contribution in [3.63, 3.8) is 0 Å². The van der Waals surface area contributed by atoms with E-state index in [2.05, 4.69) is 6.92 Å². The topological polar surface area (TPSA) is 146 Å². The maximum absolute atomic E-state index is 12.6. The van der Waals surface area contributed by atoms with Crippen LogP contribution in [-0.4, -0.2) is 92.4 Å². The lowest BCUT2D eigenvalue weighted by atomic mass is 10.0. The molecule has 0 spiro atoms. The van der Waals surface area contributed by atoms with Crippen molar-refractivity contribution in [2.45, 2.75) is 167 Å². The van der Waals surface area contributed by atoms with Crippen molar-refractivity contribution < 1.29 is 52.0 Å². The van der Waals surface area contributed by atoms with E-state index in [0.29, 0.717) is 30.2 Å². The highest BCUT2D eigenvalue weighted by Crippen LogP contribution is 2.43. The summed E-state index contributed by atoms with van der Waals surface area (Å²) in [5.74, 6) is -0.913. The quantitative estimate of drug-likeness (QED) is 0.0161. The Labute approximate surface area is 304 Å². The first-order valence-corrected chi connectivity index (χ1v) is 21.0. The van der Waals surface area contributed by atoms with Crippen molar-refractivity contribution in [1.29, 1.82) is 0 Å².